The number of aliphatic imine (C=N–C) groups is 2. The molecule has 3 heterocycles. The molecule has 9 nitrogen and oxygen atoms in total. The zero-order valence-electron chi connectivity index (χ0n) is 20.2. The number of nitrogens with one attached hydrogen (secondary N) is 2. The Labute approximate surface area is 215 Å². The Balaban J connectivity index is 1.84. The molecule has 4 bridgehead atoms. The number of hydrogen-bond acceptors (Lipinski definition) is 9. The fraction of sp³-hybridized carbons (Fsp3) is 0.583. The van der Waals surface area contributed by atoms with Crippen LogP contribution in [0.3, 0.4) is 0 Å². The molecule has 0 radical (unpaired) electrons. The molecule has 0 saturated heterocycles. The highest BCUT2D eigenvalue weighted by Crippen LogP contribution is 2.33. The van der Waals surface area contributed by atoms with E-state index in [9.17, 15) is 19.2 Å². The van der Waals surface area contributed by atoms with Gasteiger partial charge < -0.3 is 15.4 Å². The van der Waals surface area contributed by atoms with Crippen LogP contribution >= 0.6 is 24.4 Å². The quantitative estimate of drug-likeness (QED) is 0.280. The number of nitrogens with zero attached hydrogens (tertiary/aromatic N) is 2. The van der Waals surface area contributed by atoms with Gasteiger partial charge in [-0.25, -0.2) is 4.79 Å². The summed E-state index contributed by atoms with van der Waals surface area (Å²) in [6.07, 6.45) is 5.69. The van der Waals surface area contributed by atoms with Gasteiger partial charge in [0.15, 0.2) is 0 Å². The molecule has 2 amide bonds. The van der Waals surface area contributed by atoms with Crippen molar-refractivity contribution in [1.82, 2.24) is 10.6 Å². The number of ether oxygens (including phenoxy) is 1. The smallest absolute Gasteiger partial charge is 0.329 e. The first-order valence-electron chi connectivity index (χ1n) is 11.7. The van der Waals surface area contributed by atoms with Crippen molar-refractivity contribution >= 4 is 58.7 Å². The molecule has 35 heavy (non-hydrogen) atoms. The van der Waals surface area contributed by atoms with Crippen LogP contribution in [0, 0.1) is 5.92 Å². The van der Waals surface area contributed by atoms with Crippen molar-refractivity contribution in [3.05, 3.63) is 23.9 Å². The second-order valence-electron chi connectivity index (χ2n) is 9.27. The van der Waals surface area contributed by atoms with Gasteiger partial charge in [-0.05, 0) is 25.3 Å². The fourth-order valence-corrected chi connectivity index (χ4v) is 4.98. The van der Waals surface area contributed by atoms with Crippen molar-refractivity contribution < 1.29 is 23.9 Å². The molecule has 11 heteroatoms. The molecule has 3 atom stereocenters. The van der Waals surface area contributed by atoms with Crippen LogP contribution in [0.2, 0.25) is 0 Å². The number of rotatable bonds is 6. The predicted octanol–water partition coefficient (Wildman–Crippen LogP) is 2.03. The Morgan fingerprint density at radius 3 is 2.86 bits per heavy atom. The summed E-state index contributed by atoms with van der Waals surface area (Å²) >= 11 is 5.41. The highest BCUT2D eigenvalue weighted by molar-refractivity contribution is 8.14. The van der Waals surface area contributed by atoms with Crippen LogP contribution in [-0.2, 0) is 23.9 Å². The number of allylic oxidation sites excluding steroid dienone is 2. The molecule has 3 aliphatic rings. The number of hydrogen-bond donors (Lipinski definition) is 3. The summed E-state index contributed by atoms with van der Waals surface area (Å²) in [6, 6.07) is -0.906. The number of Topliss-reactive ketones (excluding diaryl/α,β-unsaturated/α-hetero) is 1. The number of carbonyl (C=O) groups is 4. The Morgan fingerprint density at radius 2 is 2.14 bits per heavy atom. The number of fused-ring (bicyclic) bond motifs is 3. The summed E-state index contributed by atoms with van der Waals surface area (Å²) in [7, 11) is 0. The first-order valence-corrected chi connectivity index (χ1v) is 13.3. The van der Waals surface area contributed by atoms with E-state index in [4.69, 9.17) is 4.74 Å². The molecule has 0 unspecified atom stereocenters. The van der Waals surface area contributed by atoms with Crippen molar-refractivity contribution in [1.29, 1.82) is 0 Å². The first-order chi connectivity index (χ1) is 16.6. The molecule has 190 valence electrons. The monoisotopic (exact) mass is 520 g/mol. The normalized spacial score (nSPS) is 27.8. The van der Waals surface area contributed by atoms with E-state index in [1.807, 2.05) is 19.9 Å². The average Bonchev–Trinajstić information content (AvgIpc) is 3.45. The zero-order valence-corrected chi connectivity index (χ0v) is 21.9. The second kappa shape index (κ2) is 12.0. The summed E-state index contributed by atoms with van der Waals surface area (Å²) in [5, 5.41) is 6.33. The Bertz CT molecular complexity index is 1000. The van der Waals surface area contributed by atoms with Gasteiger partial charge in [-0.3, -0.25) is 24.4 Å². The summed E-state index contributed by atoms with van der Waals surface area (Å²) in [4.78, 5) is 59.6. The van der Waals surface area contributed by atoms with Crippen LogP contribution in [0.15, 0.2) is 33.9 Å². The lowest BCUT2D eigenvalue weighted by molar-refractivity contribution is -0.153. The Kier molecular flexibility index (Phi) is 9.34. The first kappa shape index (κ1) is 27.2. The maximum Gasteiger partial charge on any atom is 0.329 e. The average molecular weight is 521 g/mol. The standard InChI is InChI=1S/C24H32N4O5S2/c1-14(2)20-22(31)33-17(7-5-4-6-16(29)12-34)10-19(30)25-11-15-8-9-18(26-15)21-28-24(3,13-35-21)23(32)27-20/h5,7,9,14,17,20,34H,4,6,8,10-13H2,1-3H3,(H,25,30)(H,27,32)/b7-5+/t17-,20+,24+/m1/s1. The van der Waals surface area contributed by atoms with Gasteiger partial charge in [-0.1, -0.05) is 26.0 Å². The van der Waals surface area contributed by atoms with E-state index in [0.717, 1.165) is 5.71 Å². The lowest BCUT2D eigenvalue weighted by Crippen LogP contribution is -2.53. The highest BCUT2D eigenvalue weighted by atomic mass is 32.2. The van der Waals surface area contributed by atoms with E-state index in [0.29, 0.717) is 35.8 Å². The van der Waals surface area contributed by atoms with Crippen LogP contribution in [0.1, 0.15) is 46.5 Å². The van der Waals surface area contributed by atoms with Crippen LogP contribution in [0.4, 0.5) is 0 Å². The minimum atomic E-state index is -1.03. The minimum absolute atomic E-state index is 0.00278. The Hall–Kier alpha value is -2.40. The minimum Gasteiger partial charge on any atom is -0.456 e. The molecule has 3 aliphatic heterocycles. The van der Waals surface area contributed by atoms with Gasteiger partial charge in [-0.15, -0.1) is 11.8 Å². The van der Waals surface area contributed by atoms with Crippen molar-refractivity contribution in [2.24, 2.45) is 15.9 Å². The molecular formula is C24H32N4O5S2. The zero-order chi connectivity index (χ0) is 25.6. The van der Waals surface area contributed by atoms with E-state index in [1.165, 1.54) is 11.8 Å². The highest BCUT2D eigenvalue weighted by Gasteiger charge is 2.42. The number of thiol groups is 1. The number of ketones is 1. The molecule has 0 aliphatic carbocycles. The molecule has 0 aromatic rings. The number of cyclic esters (lactones) is 1. The molecule has 0 aromatic heterocycles. The van der Waals surface area contributed by atoms with Gasteiger partial charge in [0.25, 0.3) is 0 Å². The number of amides is 2. The molecule has 0 saturated carbocycles. The number of thioether (sulfide) groups is 1. The Morgan fingerprint density at radius 1 is 1.37 bits per heavy atom. The largest absolute Gasteiger partial charge is 0.456 e. The van der Waals surface area contributed by atoms with Crippen molar-refractivity contribution in [2.75, 3.05) is 18.1 Å². The lowest BCUT2D eigenvalue weighted by atomic mass is 10.0. The molecule has 2 N–H and O–H groups in total. The van der Waals surface area contributed by atoms with Gasteiger partial charge in [0.05, 0.1) is 18.7 Å². The number of carbonyl (C=O) groups excluding carboxylic acids is 4. The van der Waals surface area contributed by atoms with E-state index < -0.39 is 23.7 Å². The van der Waals surface area contributed by atoms with Gasteiger partial charge in [0, 0.05) is 30.1 Å². The molecular weight excluding hydrogens is 488 g/mol. The van der Waals surface area contributed by atoms with Crippen molar-refractivity contribution in [3.63, 3.8) is 0 Å². The van der Waals surface area contributed by atoms with Gasteiger partial charge >= 0.3 is 5.97 Å². The topological polar surface area (TPSA) is 126 Å². The van der Waals surface area contributed by atoms with E-state index in [1.54, 1.807) is 19.1 Å². The lowest BCUT2D eigenvalue weighted by Gasteiger charge is -2.27. The third-order valence-corrected chi connectivity index (χ3v) is 7.46. The molecule has 0 spiro atoms. The van der Waals surface area contributed by atoms with E-state index in [-0.39, 0.29) is 42.2 Å². The molecule has 3 rings (SSSR count). The maximum atomic E-state index is 13.2. The maximum absolute atomic E-state index is 13.2. The van der Waals surface area contributed by atoms with Crippen molar-refractivity contribution in [3.8, 4) is 0 Å². The van der Waals surface area contributed by atoms with Crippen LogP contribution < -0.4 is 10.6 Å². The fourth-order valence-electron chi connectivity index (χ4n) is 3.66. The SMILES string of the molecule is CC(C)[C@@H]1NC(=O)[C@]2(C)CSC(=N2)C2=CCC(=N2)CNC(=O)C[C@@H](/C=C/CCC(=O)CS)OC1=O. The molecule has 0 aromatic carbocycles. The third kappa shape index (κ3) is 7.30. The van der Waals surface area contributed by atoms with Crippen LogP contribution in [0.25, 0.3) is 0 Å². The second-order valence-corrected chi connectivity index (χ2v) is 10.5. The number of esters is 1. The third-order valence-electron chi connectivity index (χ3n) is 5.82. The van der Waals surface area contributed by atoms with Crippen LogP contribution in [0.5, 0.6) is 0 Å². The summed E-state index contributed by atoms with van der Waals surface area (Å²) < 4.78 is 5.67. The predicted molar refractivity (Wildman–Crippen MR) is 140 cm³/mol. The molecule has 0 fully saturated rings. The summed E-state index contributed by atoms with van der Waals surface area (Å²) in [6.45, 7) is 5.63. The van der Waals surface area contributed by atoms with E-state index >= 15 is 0 Å². The van der Waals surface area contributed by atoms with Crippen molar-refractivity contribution in [2.45, 2.75) is 64.1 Å². The summed E-state index contributed by atoms with van der Waals surface area (Å²) in [5.74, 6) is -0.935. The van der Waals surface area contributed by atoms with Gasteiger partial charge in [0.2, 0.25) is 11.8 Å². The van der Waals surface area contributed by atoms with E-state index in [2.05, 4.69) is 33.2 Å². The van der Waals surface area contributed by atoms with Gasteiger partial charge in [-0.2, -0.15) is 12.6 Å². The summed E-state index contributed by atoms with van der Waals surface area (Å²) in [5.41, 5.74) is 0.465. The van der Waals surface area contributed by atoms with Gasteiger partial charge in [0.1, 0.15) is 28.5 Å². The van der Waals surface area contributed by atoms with Crippen LogP contribution in [-0.4, -0.2) is 70.1 Å².